The molecule has 0 bridgehead atoms. The molecule has 5 heteroatoms. The van der Waals surface area contributed by atoms with Gasteiger partial charge in [-0.25, -0.2) is 0 Å². The van der Waals surface area contributed by atoms with E-state index in [9.17, 15) is 5.11 Å². The summed E-state index contributed by atoms with van der Waals surface area (Å²) in [5.74, 6) is 0. The molecule has 124 valence electrons. The largest absolute Gasteiger partial charge is 0.381 e. The Kier molecular flexibility index (Phi) is 5.44. The summed E-state index contributed by atoms with van der Waals surface area (Å²) in [6.07, 6.45) is 0. The topological polar surface area (TPSA) is 26.7 Å². The zero-order valence-corrected chi connectivity index (χ0v) is 17.2. The summed E-state index contributed by atoms with van der Waals surface area (Å²) in [5, 5.41) is 11.1. The Morgan fingerprint density at radius 1 is 0.783 bits per heavy atom. The van der Waals surface area contributed by atoms with Crippen molar-refractivity contribution in [2.24, 2.45) is 0 Å². The number of hydrogen-bond donors (Lipinski definition) is 1. The fourth-order valence-electron chi connectivity index (χ4n) is 2.51. The molecular weight excluding hydrogens is 420 g/mol. The van der Waals surface area contributed by atoms with E-state index in [0.717, 1.165) is 31.4 Å². The lowest BCUT2D eigenvalue weighted by atomic mass is 9.88. The van der Waals surface area contributed by atoms with E-state index in [0.29, 0.717) is 0 Å². The zero-order chi connectivity index (χ0) is 17.4. The molecule has 0 saturated heterocycles. The van der Waals surface area contributed by atoms with Crippen LogP contribution in [0.3, 0.4) is 0 Å². The van der Waals surface area contributed by atoms with Crippen LogP contribution >= 0.6 is 31.9 Å². The Morgan fingerprint density at radius 2 is 1.13 bits per heavy atom. The van der Waals surface area contributed by atoms with E-state index in [2.05, 4.69) is 31.9 Å². The Labute approximate surface area is 155 Å². The number of benzene rings is 2. The second-order valence-corrected chi connectivity index (χ2v) is 7.90. The third kappa shape index (κ3) is 3.73. The van der Waals surface area contributed by atoms with Crippen molar-refractivity contribution in [3.63, 3.8) is 0 Å². The molecule has 0 aliphatic rings. The van der Waals surface area contributed by atoms with Crippen LogP contribution in [0.15, 0.2) is 45.3 Å². The monoisotopic (exact) mass is 440 g/mol. The summed E-state index contributed by atoms with van der Waals surface area (Å²) in [6, 6.07) is 11.9. The Hall–Kier alpha value is -1.04. The van der Waals surface area contributed by atoms with Crippen LogP contribution in [-0.4, -0.2) is 33.3 Å². The quantitative estimate of drug-likeness (QED) is 0.750. The summed E-state index contributed by atoms with van der Waals surface area (Å²) in [7, 11) is 7.98. The highest BCUT2D eigenvalue weighted by Gasteiger charge is 2.27. The second kappa shape index (κ2) is 6.83. The van der Waals surface area contributed by atoms with Crippen LogP contribution in [0.25, 0.3) is 0 Å². The van der Waals surface area contributed by atoms with E-state index in [1.54, 1.807) is 0 Å². The lowest BCUT2D eigenvalue weighted by molar-refractivity contribution is 0.102. The number of hydrogen-bond acceptors (Lipinski definition) is 3. The molecule has 0 spiro atoms. The molecule has 0 amide bonds. The van der Waals surface area contributed by atoms with E-state index >= 15 is 0 Å². The minimum absolute atomic E-state index is 0.847. The summed E-state index contributed by atoms with van der Waals surface area (Å²) in [4.78, 5) is 4.07. The molecule has 0 fully saturated rings. The van der Waals surface area contributed by atoms with Gasteiger partial charge in [0.2, 0.25) is 0 Å². The molecule has 0 radical (unpaired) electrons. The lowest BCUT2D eigenvalue weighted by Gasteiger charge is -2.27. The SMILES string of the molecule is CN(C)c1ccc(C(C)(O)c2ccc(N(C)C)c(Br)c2)cc1Br. The van der Waals surface area contributed by atoms with E-state index in [1.165, 1.54) is 0 Å². The summed E-state index contributed by atoms with van der Waals surface area (Å²) in [6.45, 7) is 1.82. The third-order valence-corrected chi connectivity index (χ3v) is 5.25. The van der Waals surface area contributed by atoms with Crippen LogP contribution in [-0.2, 0) is 5.60 Å². The van der Waals surface area contributed by atoms with Gasteiger partial charge in [-0.3, -0.25) is 0 Å². The molecule has 0 aliphatic carbocycles. The van der Waals surface area contributed by atoms with Gasteiger partial charge in [0.25, 0.3) is 0 Å². The minimum atomic E-state index is -1.07. The zero-order valence-electron chi connectivity index (χ0n) is 14.1. The van der Waals surface area contributed by atoms with Gasteiger partial charge in [0.15, 0.2) is 0 Å². The molecule has 0 unspecified atom stereocenters. The lowest BCUT2D eigenvalue weighted by Crippen LogP contribution is -2.23. The van der Waals surface area contributed by atoms with Crippen molar-refractivity contribution in [2.45, 2.75) is 12.5 Å². The van der Waals surface area contributed by atoms with Crippen molar-refractivity contribution in [2.75, 3.05) is 38.0 Å². The van der Waals surface area contributed by atoms with Crippen LogP contribution in [0.1, 0.15) is 18.1 Å². The number of rotatable bonds is 4. The molecule has 0 aromatic heterocycles. The van der Waals surface area contributed by atoms with Gasteiger partial charge in [0, 0.05) is 37.1 Å². The highest BCUT2D eigenvalue weighted by Crippen LogP contribution is 2.37. The third-order valence-electron chi connectivity index (χ3n) is 3.98. The van der Waals surface area contributed by atoms with Gasteiger partial charge in [0.05, 0.1) is 11.4 Å². The van der Waals surface area contributed by atoms with E-state index in [4.69, 9.17) is 0 Å². The molecule has 0 saturated carbocycles. The molecular formula is C18H22Br2N2O. The molecule has 2 rings (SSSR count). The second-order valence-electron chi connectivity index (χ2n) is 6.19. The van der Waals surface area contributed by atoms with Gasteiger partial charge in [-0.05, 0) is 74.2 Å². The average Bonchev–Trinajstić information content (AvgIpc) is 2.46. The first-order valence-electron chi connectivity index (χ1n) is 7.31. The first-order chi connectivity index (χ1) is 10.6. The molecule has 2 aromatic carbocycles. The summed E-state index contributed by atoms with van der Waals surface area (Å²) >= 11 is 7.18. The maximum absolute atomic E-state index is 11.1. The van der Waals surface area contributed by atoms with Crippen LogP contribution < -0.4 is 9.80 Å². The first kappa shape index (κ1) is 18.3. The molecule has 2 aromatic rings. The van der Waals surface area contributed by atoms with Gasteiger partial charge in [-0.1, -0.05) is 12.1 Å². The average molecular weight is 442 g/mol. The Morgan fingerprint density at radius 3 is 1.39 bits per heavy atom. The molecule has 23 heavy (non-hydrogen) atoms. The van der Waals surface area contributed by atoms with Crippen molar-refractivity contribution in [1.82, 2.24) is 0 Å². The van der Waals surface area contributed by atoms with Crippen molar-refractivity contribution in [3.8, 4) is 0 Å². The molecule has 0 atom stereocenters. The number of nitrogens with zero attached hydrogens (tertiary/aromatic N) is 2. The molecule has 3 nitrogen and oxygen atoms in total. The number of halogens is 2. The normalized spacial score (nSPS) is 11.5. The fourth-order valence-corrected chi connectivity index (χ4v) is 3.98. The van der Waals surface area contributed by atoms with Crippen molar-refractivity contribution in [3.05, 3.63) is 56.5 Å². The van der Waals surface area contributed by atoms with Crippen LogP contribution in [0.2, 0.25) is 0 Å². The smallest absolute Gasteiger partial charge is 0.112 e. The van der Waals surface area contributed by atoms with Gasteiger partial charge in [0.1, 0.15) is 5.60 Å². The predicted octanol–water partition coefficient (Wildman–Crippen LogP) is 4.60. The molecule has 0 heterocycles. The Bertz CT molecular complexity index is 653. The summed E-state index contributed by atoms with van der Waals surface area (Å²) in [5.41, 5.74) is 2.78. The standard InChI is InChI=1S/C18H22Br2N2O/c1-18(23,12-6-8-16(21(2)3)14(19)10-12)13-7-9-17(22(4)5)15(20)11-13/h6-11,23H,1-5H3. The van der Waals surface area contributed by atoms with Crippen LogP contribution in [0.4, 0.5) is 11.4 Å². The number of aliphatic hydroxyl groups is 1. The number of anilines is 2. The van der Waals surface area contributed by atoms with Crippen LogP contribution in [0.5, 0.6) is 0 Å². The maximum Gasteiger partial charge on any atom is 0.112 e. The van der Waals surface area contributed by atoms with E-state index in [-0.39, 0.29) is 0 Å². The van der Waals surface area contributed by atoms with Gasteiger partial charge in [-0.15, -0.1) is 0 Å². The predicted molar refractivity (Wildman–Crippen MR) is 106 cm³/mol. The van der Waals surface area contributed by atoms with E-state index < -0.39 is 5.60 Å². The Balaban J connectivity index is 2.46. The van der Waals surface area contributed by atoms with Crippen molar-refractivity contribution in [1.29, 1.82) is 0 Å². The van der Waals surface area contributed by atoms with Gasteiger partial charge >= 0.3 is 0 Å². The molecule has 1 N–H and O–H groups in total. The highest BCUT2D eigenvalue weighted by atomic mass is 79.9. The van der Waals surface area contributed by atoms with Crippen molar-refractivity contribution >= 4 is 43.2 Å². The van der Waals surface area contributed by atoms with E-state index in [1.807, 2.05) is 81.3 Å². The van der Waals surface area contributed by atoms with Gasteiger partial charge < -0.3 is 14.9 Å². The van der Waals surface area contributed by atoms with Crippen LogP contribution in [0, 0.1) is 0 Å². The fraction of sp³-hybridized carbons (Fsp3) is 0.333. The minimum Gasteiger partial charge on any atom is -0.381 e. The van der Waals surface area contributed by atoms with Crippen molar-refractivity contribution < 1.29 is 5.11 Å². The van der Waals surface area contributed by atoms with Gasteiger partial charge in [-0.2, -0.15) is 0 Å². The maximum atomic E-state index is 11.1. The highest BCUT2D eigenvalue weighted by molar-refractivity contribution is 9.11. The first-order valence-corrected chi connectivity index (χ1v) is 8.90. The summed E-state index contributed by atoms with van der Waals surface area (Å²) < 4.78 is 1.92. The molecule has 0 aliphatic heterocycles.